The molecular weight excluding hydrogens is 294 g/mol. The van der Waals surface area contributed by atoms with Crippen LogP contribution in [0.4, 0.5) is 0 Å². The third-order valence-electron chi connectivity index (χ3n) is 5.57. The first-order valence-corrected chi connectivity index (χ1v) is 9.53. The molecule has 1 saturated carbocycles. The number of hydrogen-bond acceptors (Lipinski definition) is 2. The van der Waals surface area contributed by atoms with Crippen LogP contribution in [0, 0.1) is 11.8 Å². The monoisotopic (exact) mass is 321 g/mol. The van der Waals surface area contributed by atoms with Gasteiger partial charge in [0.05, 0.1) is 0 Å². The number of allylic oxidation sites excluding steroid dienone is 4. The molecule has 0 N–H and O–H groups in total. The number of carbonyl (C=O) groups excluding carboxylic acids is 1. The molecule has 1 saturated heterocycles. The van der Waals surface area contributed by atoms with Crippen LogP contribution >= 0.6 is 0 Å². The first-order chi connectivity index (χ1) is 11.8. The number of piperidine rings is 1. The number of likely N-dealkylation sites (tertiary alicyclic amines) is 1. The van der Waals surface area contributed by atoms with Crippen LogP contribution in [0.5, 0.6) is 0 Å². The van der Waals surface area contributed by atoms with Gasteiger partial charge in [-0.1, -0.05) is 36.4 Å². The van der Waals surface area contributed by atoms with E-state index in [9.17, 15) is 4.79 Å². The van der Waals surface area contributed by atoms with Gasteiger partial charge in [-0.3, -0.25) is 4.79 Å². The highest BCUT2D eigenvalue weighted by Gasteiger charge is 2.30. The Balaban J connectivity index is 1.47. The van der Waals surface area contributed by atoms with Gasteiger partial charge in [0.1, 0.15) is 0 Å². The highest BCUT2D eigenvalue weighted by atomic mass is 16.1. The standard InChI is InChI=1S/C22H27NO/c24-22(21-10-5-13-23(16-21)15-17-11-12-17)20-9-4-8-19(14-20)18-6-2-1-3-7-18/h2,4,6-9,14,17,21H,1,3,5,10-13,15-16H2. The van der Waals surface area contributed by atoms with E-state index in [2.05, 4.69) is 35.3 Å². The summed E-state index contributed by atoms with van der Waals surface area (Å²) in [6.45, 7) is 3.35. The third-order valence-corrected chi connectivity index (χ3v) is 5.57. The van der Waals surface area contributed by atoms with Crippen LogP contribution in [0.3, 0.4) is 0 Å². The molecule has 1 unspecified atom stereocenters. The molecule has 0 amide bonds. The molecule has 2 heteroatoms. The predicted octanol–water partition coefficient (Wildman–Crippen LogP) is 4.72. The molecule has 0 spiro atoms. The van der Waals surface area contributed by atoms with Gasteiger partial charge in [-0.05, 0) is 68.2 Å². The SMILES string of the molecule is O=C(c1cccc(C2=CCCC=C2)c1)C1CCCN(CC2CC2)C1. The lowest BCUT2D eigenvalue weighted by atomic mass is 9.88. The Hall–Kier alpha value is -1.67. The fraction of sp³-hybridized carbons (Fsp3) is 0.500. The summed E-state index contributed by atoms with van der Waals surface area (Å²) < 4.78 is 0. The van der Waals surface area contributed by atoms with Gasteiger partial charge >= 0.3 is 0 Å². The molecule has 0 aromatic heterocycles. The van der Waals surface area contributed by atoms with Crippen molar-refractivity contribution in [2.45, 2.75) is 38.5 Å². The van der Waals surface area contributed by atoms with Crippen molar-refractivity contribution < 1.29 is 4.79 Å². The normalized spacial score (nSPS) is 24.7. The van der Waals surface area contributed by atoms with E-state index in [-0.39, 0.29) is 5.92 Å². The number of ketones is 1. The second-order valence-electron chi connectivity index (χ2n) is 7.63. The zero-order valence-corrected chi connectivity index (χ0v) is 14.4. The van der Waals surface area contributed by atoms with E-state index >= 15 is 0 Å². The Morgan fingerprint density at radius 2 is 2.08 bits per heavy atom. The van der Waals surface area contributed by atoms with Crippen molar-refractivity contribution in [2.24, 2.45) is 11.8 Å². The van der Waals surface area contributed by atoms with Gasteiger partial charge in [0, 0.05) is 24.6 Å². The van der Waals surface area contributed by atoms with Gasteiger partial charge in [0.25, 0.3) is 0 Å². The lowest BCUT2D eigenvalue weighted by molar-refractivity contribution is 0.0814. The molecule has 2 nitrogen and oxygen atoms in total. The molecule has 1 atom stereocenters. The van der Waals surface area contributed by atoms with Gasteiger partial charge in [-0.25, -0.2) is 0 Å². The van der Waals surface area contributed by atoms with E-state index in [0.717, 1.165) is 43.7 Å². The number of hydrogen-bond donors (Lipinski definition) is 0. The highest BCUT2D eigenvalue weighted by Crippen LogP contribution is 2.32. The maximum Gasteiger partial charge on any atom is 0.167 e. The molecule has 4 rings (SSSR count). The van der Waals surface area contributed by atoms with Crippen molar-refractivity contribution in [3.05, 3.63) is 53.6 Å². The minimum absolute atomic E-state index is 0.184. The predicted molar refractivity (Wildman–Crippen MR) is 99.0 cm³/mol. The number of benzene rings is 1. The van der Waals surface area contributed by atoms with Crippen molar-refractivity contribution in [1.29, 1.82) is 0 Å². The smallest absolute Gasteiger partial charge is 0.167 e. The number of nitrogens with zero attached hydrogens (tertiary/aromatic N) is 1. The van der Waals surface area contributed by atoms with Gasteiger partial charge in [0.15, 0.2) is 5.78 Å². The molecule has 126 valence electrons. The zero-order valence-electron chi connectivity index (χ0n) is 14.4. The van der Waals surface area contributed by atoms with E-state index in [1.54, 1.807) is 0 Å². The maximum absolute atomic E-state index is 13.0. The molecule has 24 heavy (non-hydrogen) atoms. The molecule has 2 aliphatic carbocycles. The van der Waals surface area contributed by atoms with Crippen LogP contribution in [-0.2, 0) is 0 Å². The lowest BCUT2D eigenvalue weighted by Crippen LogP contribution is -2.39. The molecule has 1 aromatic rings. The molecule has 1 aliphatic heterocycles. The first kappa shape index (κ1) is 15.8. The van der Waals surface area contributed by atoms with Gasteiger partial charge in [-0.2, -0.15) is 0 Å². The summed E-state index contributed by atoms with van der Waals surface area (Å²) in [5, 5.41) is 0. The van der Waals surface area contributed by atoms with Crippen molar-refractivity contribution >= 4 is 11.4 Å². The molecule has 2 fully saturated rings. The van der Waals surface area contributed by atoms with E-state index < -0.39 is 0 Å². The maximum atomic E-state index is 13.0. The van der Waals surface area contributed by atoms with Gasteiger partial charge < -0.3 is 4.90 Å². The summed E-state index contributed by atoms with van der Waals surface area (Å²) in [4.78, 5) is 15.5. The van der Waals surface area contributed by atoms with E-state index in [4.69, 9.17) is 0 Å². The van der Waals surface area contributed by atoms with Crippen molar-refractivity contribution in [3.63, 3.8) is 0 Å². The lowest BCUT2D eigenvalue weighted by Gasteiger charge is -2.32. The molecule has 0 bridgehead atoms. The number of rotatable bonds is 5. The quantitative estimate of drug-likeness (QED) is 0.731. The average molecular weight is 321 g/mol. The van der Waals surface area contributed by atoms with E-state index in [1.165, 1.54) is 37.1 Å². The number of carbonyl (C=O) groups is 1. The second-order valence-corrected chi connectivity index (χ2v) is 7.63. The second kappa shape index (κ2) is 7.06. The Kier molecular flexibility index (Phi) is 4.66. The van der Waals surface area contributed by atoms with Crippen molar-refractivity contribution in [3.8, 4) is 0 Å². The summed E-state index contributed by atoms with van der Waals surface area (Å²) in [6.07, 6.45) is 13.9. The third kappa shape index (κ3) is 3.70. The Labute approximate surface area is 145 Å². The van der Waals surface area contributed by atoms with Crippen LogP contribution in [-0.4, -0.2) is 30.3 Å². The van der Waals surface area contributed by atoms with E-state index in [1.807, 2.05) is 12.1 Å². The average Bonchev–Trinajstić information content (AvgIpc) is 3.46. The molecule has 1 heterocycles. The van der Waals surface area contributed by atoms with Gasteiger partial charge in [-0.15, -0.1) is 0 Å². The van der Waals surface area contributed by atoms with Crippen LogP contribution < -0.4 is 0 Å². The van der Waals surface area contributed by atoms with Gasteiger partial charge in [0.2, 0.25) is 0 Å². The summed E-state index contributed by atoms with van der Waals surface area (Å²) in [7, 11) is 0. The zero-order chi connectivity index (χ0) is 16.4. The largest absolute Gasteiger partial charge is 0.302 e. The molecule has 3 aliphatic rings. The fourth-order valence-corrected chi connectivity index (χ4v) is 4.02. The first-order valence-electron chi connectivity index (χ1n) is 9.53. The minimum atomic E-state index is 0.184. The molecular formula is C22H27NO. The van der Waals surface area contributed by atoms with E-state index in [0.29, 0.717) is 5.78 Å². The Morgan fingerprint density at radius 3 is 2.88 bits per heavy atom. The Bertz CT molecular complexity index is 668. The highest BCUT2D eigenvalue weighted by molar-refractivity contribution is 5.99. The fourth-order valence-electron chi connectivity index (χ4n) is 4.02. The molecule has 1 aromatic carbocycles. The summed E-state index contributed by atoms with van der Waals surface area (Å²) >= 11 is 0. The Morgan fingerprint density at radius 1 is 1.17 bits per heavy atom. The van der Waals surface area contributed by atoms with Crippen LogP contribution in [0.1, 0.15) is 54.4 Å². The van der Waals surface area contributed by atoms with Crippen LogP contribution in [0.15, 0.2) is 42.5 Å². The summed E-state index contributed by atoms with van der Waals surface area (Å²) in [5.74, 6) is 1.44. The molecule has 0 radical (unpaired) electrons. The number of Topliss-reactive ketones (excluding diaryl/α,β-unsaturated/α-hetero) is 1. The summed E-state index contributed by atoms with van der Waals surface area (Å²) in [5.41, 5.74) is 3.34. The van der Waals surface area contributed by atoms with Crippen molar-refractivity contribution in [2.75, 3.05) is 19.6 Å². The van der Waals surface area contributed by atoms with Crippen LogP contribution in [0.2, 0.25) is 0 Å². The van der Waals surface area contributed by atoms with Crippen molar-refractivity contribution in [1.82, 2.24) is 4.90 Å². The topological polar surface area (TPSA) is 20.3 Å². The summed E-state index contributed by atoms with van der Waals surface area (Å²) in [6, 6.07) is 8.26. The minimum Gasteiger partial charge on any atom is -0.302 e. The van der Waals surface area contributed by atoms with Crippen LogP contribution in [0.25, 0.3) is 5.57 Å².